The monoisotopic (exact) mass is 348 g/mol. The third kappa shape index (κ3) is 3.94. The summed E-state index contributed by atoms with van der Waals surface area (Å²) in [6.45, 7) is 7.11. The van der Waals surface area contributed by atoms with E-state index in [1.54, 1.807) is 17.2 Å². The summed E-state index contributed by atoms with van der Waals surface area (Å²) >= 11 is 0. The molecule has 0 saturated carbocycles. The summed E-state index contributed by atoms with van der Waals surface area (Å²) < 4.78 is 10.7. The Hall–Kier alpha value is -2.51. The molecule has 0 radical (unpaired) electrons. The van der Waals surface area contributed by atoms with E-state index in [-0.39, 0.29) is 18.3 Å². The van der Waals surface area contributed by atoms with E-state index in [0.717, 1.165) is 11.3 Å². The summed E-state index contributed by atoms with van der Waals surface area (Å²) in [5.41, 5.74) is 7.89. The van der Waals surface area contributed by atoms with Crippen LogP contribution in [-0.4, -0.2) is 58.3 Å². The van der Waals surface area contributed by atoms with Crippen LogP contribution in [0.1, 0.15) is 32.0 Å². The predicted molar refractivity (Wildman–Crippen MR) is 90.8 cm³/mol. The zero-order chi connectivity index (χ0) is 18.2. The molecule has 136 valence electrons. The molecule has 0 bridgehead atoms. The number of fused-ring (bicyclic) bond motifs is 1. The summed E-state index contributed by atoms with van der Waals surface area (Å²) in [6.07, 6.45) is 1.27. The number of carbonyl (C=O) groups is 2. The van der Waals surface area contributed by atoms with Crippen LogP contribution in [0.25, 0.3) is 0 Å². The van der Waals surface area contributed by atoms with Gasteiger partial charge in [0.1, 0.15) is 11.7 Å². The molecule has 0 atom stereocenters. The lowest BCUT2D eigenvalue weighted by Crippen LogP contribution is -2.57. The van der Waals surface area contributed by atoms with Gasteiger partial charge in [-0.1, -0.05) is 0 Å². The summed E-state index contributed by atoms with van der Waals surface area (Å²) in [4.78, 5) is 31.7. The van der Waals surface area contributed by atoms with E-state index in [1.807, 2.05) is 20.8 Å². The average molecular weight is 348 g/mol. The first-order valence-electron chi connectivity index (χ1n) is 8.38. The SMILES string of the molecule is CC(C)(C)OC(=O)N1CC(OC(=O)N2CCc3nccc(N)c3C2)C1. The number of aromatic nitrogens is 1. The molecule has 3 heterocycles. The topological polar surface area (TPSA) is 98.0 Å². The molecule has 1 saturated heterocycles. The highest BCUT2D eigenvalue weighted by atomic mass is 16.6. The molecular formula is C17H24N4O4. The fourth-order valence-electron chi connectivity index (χ4n) is 2.82. The second-order valence-electron chi connectivity index (χ2n) is 7.39. The van der Waals surface area contributed by atoms with Gasteiger partial charge in [0, 0.05) is 36.1 Å². The number of nitrogens with zero attached hydrogens (tertiary/aromatic N) is 3. The number of nitrogens with two attached hydrogens (primary N) is 1. The van der Waals surface area contributed by atoms with E-state index >= 15 is 0 Å². The van der Waals surface area contributed by atoms with Crippen LogP contribution in [-0.2, 0) is 22.4 Å². The Morgan fingerprint density at radius 2 is 1.96 bits per heavy atom. The van der Waals surface area contributed by atoms with Gasteiger partial charge in [-0.25, -0.2) is 9.59 Å². The fraction of sp³-hybridized carbons (Fsp3) is 0.588. The molecule has 1 aromatic rings. The number of carbonyl (C=O) groups excluding carboxylic acids is 2. The van der Waals surface area contributed by atoms with Crippen molar-refractivity contribution in [2.75, 3.05) is 25.4 Å². The van der Waals surface area contributed by atoms with Crippen LogP contribution in [0.2, 0.25) is 0 Å². The maximum Gasteiger partial charge on any atom is 0.410 e. The number of hydrogen-bond donors (Lipinski definition) is 1. The third-order valence-corrected chi connectivity index (χ3v) is 4.17. The van der Waals surface area contributed by atoms with Gasteiger partial charge in [0.2, 0.25) is 0 Å². The van der Waals surface area contributed by atoms with Gasteiger partial charge in [-0.3, -0.25) is 4.98 Å². The number of hydrogen-bond acceptors (Lipinski definition) is 6. The number of rotatable bonds is 1. The third-order valence-electron chi connectivity index (χ3n) is 4.17. The summed E-state index contributed by atoms with van der Waals surface area (Å²) in [6, 6.07) is 1.73. The highest BCUT2D eigenvalue weighted by Crippen LogP contribution is 2.24. The van der Waals surface area contributed by atoms with Crippen LogP contribution in [0.4, 0.5) is 15.3 Å². The molecule has 0 aliphatic carbocycles. The van der Waals surface area contributed by atoms with Crippen molar-refractivity contribution in [3.63, 3.8) is 0 Å². The molecule has 2 aliphatic heterocycles. The van der Waals surface area contributed by atoms with Crippen molar-refractivity contribution in [2.45, 2.75) is 45.4 Å². The maximum absolute atomic E-state index is 12.3. The first-order chi connectivity index (χ1) is 11.7. The molecule has 0 spiro atoms. The van der Waals surface area contributed by atoms with Crippen molar-refractivity contribution in [3.05, 3.63) is 23.5 Å². The van der Waals surface area contributed by atoms with E-state index in [4.69, 9.17) is 15.2 Å². The normalized spacial score (nSPS) is 17.6. The van der Waals surface area contributed by atoms with Gasteiger partial charge in [0.25, 0.3) is 0 Å². The fourth-order valence-corrected chi connectivity index (χ4v) is 2.82. The highest BCUT2D eigenvalue weighted by Gasteiger charge is 2.37. The van der Waals surface area contributed by atoms with Crippen LogP contribution >= 0.6 is 0 Å². The largest absolute Gasteiger partial charge is 0.444 e. The van der Waals surface area contributed by atoms with Crippen LogP contribution in [0, 0.1) is 0 Å². The lowest BCUT2D eigenvalue weighted by Gasteiger charge is -2.40. The van der Waals surface area contributed by atoms with Crippen LogP contribution in [0.3, 0.4) is 0 Å². The standard InChI is InChI=1S/C17H24N4O4/c1-17(2,3)25-16(23)21-8-11(9-21)24-15(22)20-7-5-14-12(10-20)13(18)4-6-19-14/h4,6,11H,5,7-10H2,1-3H3,(H2,18,19). The van der Waals surface area contributed by atoms with E-state index in [2.05, 4.69) is 4.98 Å². The Balaban J connectivity index is 1.49. The van der Waals surface area contributed by atoms with E-state index in [9.17, 15) is 9.59 Å². The predicted octanol–water partition coefficient (Wildman–Crippen LogP) is 1.78. The zero-order valence-electron chi connectivity index (χ0n) is 14.8. The minimum Gasteiger partial charge on any atom is -0.444 e. The van der Waals surface area contributed by atoms with Crippen molar-refractivity contribution < 1.29 is 19.1 Å². The molecule has 8 nitrogen and oxygen atoms in total. The van der Waals surface area contributed by atoms with Gasteiger partial charge in [-0.05, 0) is 26.8 Å². The first kappa shape index (κ1) is 17.3. The van der Waals surface area contributed by atoms with Gasteiger partial charge in [-0.15, -0.1) is 0 Å². The van der Waals surface area contributed by atoms with Crippen molar-refractivity contribution in [1.82, 2.24) is 14.8 Å². The maximum atomic E-state index is 12.3. The quantitative estimate of drug-likeness (QED) is 0.831. The summed E-state index contributed by atoms with van der Waals surface area (Å²) in [5, 5.41) is 0. The van der Waals surface area contributed by atoms with Gasteiger partial charge in [0.15, 0.2) is 0 Å². The molecular weight excluding hydrogens is 324 g/mol. The number of pyridine rings is 1. The van der Waals surface area contributed by atoms with Gasteiger partial charge in [-0.2, -0.15) is 0 Å². The van der Waals surface area contributed by atoms with Crippen molar-refractivity contribution >= 4 is 17.9 Å². The lowest BCUT2D eigenvalue weighted by molar-refractivity contribution is -0.0444. The Kier molecular flexibility index (Phi) is 4.45. The number of anilines is 1. The van der Waals surface area contributed by atoms with E-state index in [1.165, 1.54) is 4.90 Å². The molecule has 3 rings (SSSR count). The first-order valence-corrected chi connectivity index (χ1v) is 8.38. The Morgan fingerprint density at radius 3 is 2.64 bits per heavy atom. The number of amides is 2. The summed E-state index contributed by atoms with van der Waals surface area (Å²) in [7, 11) is 0. The molecule has 2 amide bonds. The molecule has 8 heteroatoms. The van der Waals surface area contributed by atoms with Crippen molar-refractivity contribution in [3.8, 4) is 0 Å². The average Bonchev–Trinajstić information content (AvgIpc) is 2.48. The molecule has 2 N–H and O–H groups in total. The van der Waals surface area contributed by atoms with Gasteiger partial charge >= 0.3 is 12.2 Å². The molecule has 2 aliphatic rings. The Labute approximate surface area is 146 Å². The van der Waals surface area contributed by atoms with Crippen LogP contribution in [0.15, 0.2) is 12.3 Å². The Morgan fingerprint density at radius 1 is 1.24 bits per heavy atom. The van der Waals surface area contributed by atoms with Crippen molar-refractivity contribution in [1.29, 1.82) is 0 Å². The minimum absolute atomic E-state index is 0.298. The van der Waals surface area contributed by atoms with E-state index < -0.39 is 5.60 Å². The smallest absolute Gasteiger partial charge is 0.410 e. The molecule has 0 aromatic carbocycles. The molecule has 1 fully saturated rings. The zero-order valence-corrected chi connectivity index (χ0v) is 14.8. The van der Waals surface area contributed by atoms with Gasteiger partial charge in [0.05, 0.1) is 19.6 Å². The molecule has 25 heavy (non-hydrogen) atoms. The van der Waals surface area contributed by atoms with E-state index in [0.29, 0.717) is 38.3 Å². The second-order valence-corrected chi connectivity index (χ2v) is 7.39. The number of likely N-dealkylation sites (tertiary alicyclic amines) is 1. The highest BCUT2D eigenvalue weighted by molar-refractivity contribution is 5.71. The molecule has 0 unspecified atom stereocenters. The van der Waals surface area contributed by atoms with Crippen LogP contribution in [0.5, 0.6) is 0 Å². The van der Waals surface area contributed by atoms with Crippen LogP contribution < -0.4 is 5.73 Å². The van der Waals surface area contributed by atoms with Gasteiger partial charge < -0.3 is 25.0 Å². The molecule has 1 aromatic heterocycles. The number of nitrogen functional groups attached to an aromatic ring is 1. The Bertz CT molecular complexity index is 680. The second kappa shape index (κ2) is 6.42. The summed E-state index contributed by atoms with van der Waals surface area (Å²) in [5.74, 6) is 0. The van der Waals surface area contributed by atoms with Crippen molar-refractivity contribution in [2.24, 2.45) is 0 Å². The minimum atomic E-state index is -0.534. The number of ether oxygens (including phenoxy) is 2. The lowest BCUT2D eigenvalue weighted by atomic mass is 10.0.